The minimum Gasteiger partial charge on any atom is -0.382 e. The first-order chi connectivity index (χ1) is 9.96. The number of aliphatic hydroxyl groups excluding tert-OH is 1. The summed E-state index contributed by atoms with van der Waals surface area (Å²) in [4.78, 5) is 8.18. The van der Waals surface area contributed by atoms with E-state index in [9.17, 15) is 5.11 Å². The summed E-state index contributed by atoms with van der Waals surface area (Å²) in [6, 6.07) is 4.72. The van der Waals surface area contributed by atoms with Gasteiger partial charge in [-0.2, -0.15) is 0 Å². The van der Waals surface area contributed by atoms with E-state index in [4.69, 9.17) is 4.74 Å². The van der Waals surface area contributed by atoms with Crippen molar-refractivity contribution in [3.05, 3.63) is 48.3 Å². The van der Waals surface area contributed by atoms with E-state index in [-0.39, 0.29) is 0 Å². The first kappa shape index (κ1) is 15.9. The van der Waals surface area contributed by atoms with Gasteiger partial charge in [0.25, 0.3) is 0 Å². The van der Waals surface area contributed by atoms with E-state index in [1.165, 1.54) is 0 Å². The molecule has 0 spiro atoms. The first-order valence-corrected chi connectivity index (χ1v) is 10.8. The summed E-state index contributed by atoms with van der Waals surface area (Å²) in [5, 5.41) is 10.2. The summed E-state index contributed by atoms with van der Waals surface area (Å²) < 4.78 is 7.51. The van der Waals surface area contributed by atoms with E-state index < -0.39 is 14.2 Å². The van der Waals surface area contributed by atoms with Crippen LogP contribution in [-0.2, 0) is 11.5 Å². The lowest BCUT2D eigenvalue weighted by molar-refractivity contribution is 0.0869. The van der Waals surface area contributed by atoms with Gasteiger partial charge in [-0.15, -0.1) is 0 Å². The van der Waals surface area contributed by atoms with Crippen LogP contribution in [0.1, 0.15) is 17.4 Å². The van der Waals surface area contributed by atoms with Crippen molar-refractivity contribution < 1.29 is 9.84 Å². The lowest BCUT2D eigenvalue weighted by Crippen LogP contribution is -2.21. The lowest BCUT2D eigenvalue weighted by Gasteiger charge is -2.15. The average molecular weight is 305 g/mol. The van der Waals surface area contributed by atoms with Crippen molar-refractivity contribution in [3.63, 3.8) is 0 Å². The standard InChI is InChI=1S/C15H23N3O2Si/c1-21(2,3)9-8-20-12-18-10-14(17-11-18)15(19)13-4-6-16-7-5-13/h4-7,10-11,15,19H,8-9,12H2,1-3H3. The second-order valence-electron chi connectivity index (χ2n) is 6.34. The number of aliphatic hydroxyl groups is 1. The zero-order valence-corrected chi connectivity index (χ0v) is 13.9. The molecule has 1 atom stereocenters. The van der Waals surface area contributed by atoms with Crippen molar-refractivity contribution in [2.24, 2.45) is 0 Å². The van der Waals surface area contributed by atoms with Crippen LogP contribution < -0.4 is 0 Å². The molecule has 5 nitrogen and oxygen atoms in total. The summed E-state index contributed by atoms with van der Waals surface area (Å²) >= 11 is 0. The van der Waals surface area contributed by atoms with E-state index >= 15 is 0 Å². The number of aromatic nitrogens is 3. The number of rotatable bonds is 7. The Balaban J connectivity index is 1.87. The van der Waals surface area contributed by atoms with Crippen LogP contribution >= 0.6 is 0 Å². The molecule has 2 aromatic rings. The maximum Gasteiger partial charge on any atom is 0.123 e. The molecule has 0 fully saturated rings. The smallest absolute Gasteiger partial charge is 0.123 e. The molecule has 21 heavy (non-hydrogen) atoms. The second-order valence-corrected chi connectivity index (χ2v) is 12.0. The molecule has 6 heteroatoms. The van der Waals surface area contributed by atoms with Gasteiger partial charge in [0.2, 0.25) is 0 Å². The van der Waals surface area contributed by atoms with Gasteiger partial charge in [-0.3, -0.25) is 4.98 Å². The first-order valence-electron chi connectivity index (χ1n) is 7.13. The second kappa shape index (κ2) is 6.97. The Morgan fingerprint density at radius 1 is 1.29 bits per heavy atom. The molecule has 0 radical (unpaired) electrons. The Hall–Kier alpha value is -1.50. The maximum absolute atomic E-state index is 10.2. The van der Waals surface area contributed by atoms with Crippen LogP contribution in [0.15, 0.2) is 37.1 Å². The molecular weight excluding hydrogens is 282 g/mol. The van der Waals surface area contributed by atoms with E-state index in [0.29, 0.717) is 12.4 Å². The number of hydrogen-bond donors (Lipinski definition) is 1. The Morgan fingerprint density at radius 2 is 2.00 bits per heavy atom. The fourth-order valence-electron chi connectivity index (χ4n) is 1.85. The van der Waals surface area contributed by atoms with Crippen molar-refractivity contribution in [1.82, 2.24) is 14.5 Å². The monoisotopic (exact) mass is 305 g/mol. The topological polar surface area (TPSA) is 60.2 Å². The van der Waals surface area contributed by atoms with Crippen molar-refractivity contribution in [3.8, 4) is 0 Å². The van der Waals surface area contributed by atoms with Crippen molar-refractivity contribution >= 4 is 8.07 Å². The third-order valence-corrected chi connectivity index (χ3v) is 4.90. The van der Waals surface area contributed by atoms with Crippen molar-refractivity contribution in [2.45, 2.75) is 38.5 Å². The number of imidazole rings is 1. The number of pyridine rings is 1. The van der Waals surface area contributed by atoms with Crippen molar-refractivity contribution in [2.75, 3.05) is 6.61 Å². The molecule has 0 aliphatic carbocycles. The Labute approximate surface area is 126 Å². The molecule has 0 aliphatic rings. The van der Waals surface area contributed by atoms with Crippen LogP contribution in [0, 0.1) is 0 Å². The zero-order valence-electron chi connectivity index (χ0n) is 12.9. The minimum atomic E-state index is -1.05. The van der Waals surface area contributed by atoms with Crippen molar-refractivity contribution in [1.29, 1.82) is 0 Å². The number of ether oxygens (including phenoxy) is 1. The van der Waals surface area contributed by atoms with Gasteiger partial charge in [0.1, 0.15) is 12.8 Å². The predicted octanol–water partition coefficient (Wildman–Crippen LogP) is 2.67. The van der Waals surface area contributed by atoms with Crippen LogP contribution in [0.25, 0.3) is 0 Å². The highest BCUT2D eigenvalue weighted by Gasteiger charge is 2.14. The highest BCUT2D eigenvalue weighted by atomic mass is 28.3. The van der Waals surface area contributed by atoms with Gasteiger partial charge in [0, 0.05) is 33.3 Å². The number of nitrogens with zero attached hydrogens (tertiary/aromatic N) is 3. The maximum atomic E-state index is 10.2. The quantitative estimate of drug-likeness (QED) is 0.631. The van der Waals surface area contributed by atoms with E-state index in [2.05, 4.69) is 29.6 Å². The molecule has 1 N–H and O–H groups in total. The highest BCUT2D eigenvalue weighted by molar-refractivity contribution is 6.76. The molecule has 0 saturated heterocycles. The third-order valence-electron chi connectivity index (χ3n) is 3.19. The van der Waals surface area contributed by atoms with Crippen LogP contribution in [0.5, 0.6) is 0 Å². The summed E-state index contributed by atoms with van der Waals surface area (Å²) in [5.41, 5.74) is 1.41. The van der Waals surface area contributed by atoms with Crippen LogP contribution in [0.2, 0.25) is 25.7 Å². The predicted molar refractivity (Wildman–Crippen MR) is 84.6 cm³/mol. The molecule has 0 bridgehead atoms. The zero-order chi connectivity index (χ0) is 15.3. The van der Waals surface area contributed by atoms with Gasteiger partial charge in [-0.1, -0.05) is 19.6 Å². The molecule has 0 aromatic carbocycles. The van der Waals surface area contributed by atoms with Gasteiger partial charge in [-0.05, 0) is 23.7 Å². The molecule has 1 unspecified atom stereocenters. The van der Waals surface area contributed by atoms with E-state index in [1.54, 1.807) is 30.9 Å². The molecule has 2 rings (SSSR count). The van der Waals surface area contributed by atoms with Crippen LogP contribution in [0.3, 0.4) is 0 Å². The fraction of sp³-hybridized carbons (Fsp3) is 0.467. The average Bonchev–Trinajstić information content (AvgIpc) is 2.91. The van der Waals surface area contributed by atoms with Crippen LogP contribution in [-0.4, -0.2) is 34.3 Å². The molecule has 114 valence electrons. The molecule has 2 heterocycles. The SMILES string of the molecule is C[Si](C)(C)CCOCn1cnc(C(O)c2ccncc2)c1. The largest absolute Gasteiger partial charge is 0.382 e. The summed E-state index contributed by atoms with van der Waals surface area (Å²) in [5.74, 6) is 0. The fourth-order valence-corrected chi connectivity index (χ4v) is 2.61. The lowest BCUT2D eigenvalue weighted by atomic mass is 10.1. The molecule has 0 aliphatic heterocycles. The summed E-state index contributed by atoms with van der Waals surface area (Å²) in [6.45, 7) is 8.24. The third kappa shape index (κ3) is 5.07. The van der Waals surface area contributed by atoms with E-state index in [0.717, 1.165) is 18.2 Å². The molecule has 2 aromatic heterocycles. The molecular formula is C15H23N3O2Si. The van der Waals surface area contributed by atoms with Gasteiger partial charge in [0.05, 0.1) is 12.0 Å². The van der Waals surface area contributed by atoms with Gasteiger partial charge in [-0.25, -0.2) is 4.98 Å². The Morgan fingerprint density at radius 3 is 2.67 bits per heavy atom. The molecule has 0 saturated carbocycles. The highest BCUT2D eigenvalue weighted by Crippen LogP contribution is 2.19. The van der Waals surface area contributed by atoms with Gasteiger partial charge < -0.3 is 14.4 Å². The van der Waals surface area contributed by atoms with Gasteiger partial charge in [0.15, 0.2) is 0 Å². The summed E-state index contributed by atoms with van der Waals surface area (Å²) in [6.07, 6.45) is 6.11. The van der Waals surface area contributed by atoms with E-state index in [1.807, 2.05) is 10.8 Å². The summed E-state index contributed by atoms with van der Waals surface area (Å²) in [7, 11) is -1.05. The minimum absolute atomic E-state index is 0.473. The Kier molecular flexibility index (Phi) is 5.27. The molecule has 0 amide bonds. The van der Waals surface area contributed by atoms with Gasteiger partial charge >= 0.3 is 0 Å². The normalized spacial score (nSPS) is 13.3. The number of hydrogen-bond acceptors (Lipinski definition) is 4. The Bertz CT molecular complexity index is 552. The van der Waals surface area contributed by atoms with Crippen LogP contribution in [0.4, 0.5) is 0 Å².